The minimum atomic E-state index is -3.25. The maximum Gasteiger partial charge on any atom is 0.325 e. The Hall–Kier alpha value is -2.18. The van der Waals surface area contributed by atoms with Crippen LogP contribution in [0.3, 0.4) is 0 Å². The van der Waals surface area contributed by atoms with Crippen molar-refractivity contribution in [3.05, 3.63) is 65.7 Å². The topological polar surface area (TPSA) is 60.4 Å². The molecule has 0 spiro atoms. The second-order valence-electron chi connectivity index (χ2n) is 6.31. The number of hydrogen-bond acceptors (Lipinski definition) is 4. The van der Waals surface area contributed by atoms with E-state index in [0.29, 0.717) is 5.57 Å². The molecule has 0 N–H and O–H groups in total. The lowest BCUT2D eigenvalue weighted by atomic mass is 10.0. The lowest BCUT2D eigenvalue weighted by molar-refractivity contribution is -0.127. The largest absolute Gasteiger partial charge is 0.512 e. The molecule has 0 atom stereocenters. The molecular weight excluding hydrogens is 340 g/mol. The summed E-state index contributed by atoms with van der Waals surface area (Å²) in [5, 5.41) is 0.902. The van der Waals surface area contributed by atoms with E-state index in [1.807, 2.05) is 43.4 Å². The van der Waals surface area contributed by atoms with Crippen molar-refractivity contribution < 1.29 is 17.6 Å². The maximum absolute atomic E-state index is 12.5. The Labute approximate surface area is 142 Å². The van der Waals surface area contributed by atoms with Crippen molar-refractivity contribution in [1.29, 1.82) is 0 Å². The molecule has 0 aliphatic carbocycles. The van der Waals surface area contributed by atoms with Gasteiger partial charge in [0, 0.05) is 11.5 Å². The number of carbonyl (C=O) groups is 1. The predicted octanol–water partition coefficient (Wildman–Crippen LogP) is 3.30. The van der Waals surface area contributed by atoms with Gasteiger partial charge in [0.05, 0.1) is 10.5 Å². The molecule has 0 unspecified atom stereocenters. The molecule has 24 heavy (non-hydrogen) atoms. The molecule has 2 aromatic carbocycles. The van der Waals surface area contributed by atoms with Crippen molar-refractivity contribution in [2.75, 3.05) is 6.26 Å². The van der Waals surface area contributed by atoms with Gasteiger partial charge in [-0.25, -0.2) is 13.2 Å². The summed E-state index contributed by atoms with van der Waals surface area (Å²) in [5.41, 5.74) is 2.24. The molecule has 0 saturated heterocycles. The number of sulfone groups is 1. The zero-order chi connectivity index (χ0) is 17.5. The molecule has 0 radical (unpaired) electrons. The smallest absolute Gasteiger partial charge is 0.325 e. The standard InChI is InChI=1S/C18H18O4SSi/c1-23(20,21)15-11-9-14(10-12-15)17-16(13-7-5-4-6-8-13)18(19)22-24(17,2)3/h4-12H,1-3H3. The van der Waals surface area contributed by atoms with E-state index in [1.165, 1.54) is 6.26 Å². The summed E-state index contributed by atoms with van der Waals surface area (Å²) in [7, 11) is -5.65. The number of rotatable bonds is 3. The molecule has 0 bridgehead atoms. The van der Waals surface area contributed by atoms with Crippen LogP contribution < -0.4 is 0 Å². The number of hydrogen-bond donors (Lipinski definition) is 0. The summed E-state index contributed by atoms with van der Waals surface area (Å²) in [6, 6.07) is 16.1. The average Bonchev–Trinajstić information content (AvgIpc) is 2.76. The maximum atomic E-state index is 12.5. The molecule has 1 heterocycles. The van der Waals surface area contributed by atoms with Crippen LogP contribution >= 0.6 is 0 Å². The first kappa shape index (κ1) is 16.7. The minimum absolute atomic E-state index is 0.262. The van der Waals surface area contributed by atoms with Crippen molar-refractivity contribution >= 4 is 34.9 Å². The van der Waals surface area contributed by atoms with Gasteiger partial charge in [0.2, 0.25) is 0 Å². The first-order chi connectivity index (χ1) is 11.2. The zero-order valence-corrected chi connectivity index (χ0v) is 15.6. The molecule has 0 amide bonds. The Kier molecular flexibility index (Phi) is 3.97. The van der Waals surface area contributed by atoms with E-state index in [2.05, 4.69) is 0 Å². The Morgan fingerprint density at radius 3 is 2.00 bits per heavy atom. The van der Waals surface area contributed by atoms with Crippen LogP contribution in [0.4, 0.5) is 0 Å². The Morgan fingerprint density at radius 1 is 0.875 bits per heavy atom. The van der Waals surface area contributed by atoms with Crippen molar-refractivity contribution in [1.82, 2.24) is 0 Å². The van der Waals surface area contributed by atoms with Gasteiger partial charge in [0.25, 0.3) is 8.32 Å². The lowest BCUT2D eigenvalue weighted by Crippen LogP contribution is -2.29. The summed E-state index contributed by atoms with van der Waals surface area (Å²) in [4.78, 5) is 12.7. The average molecular weight is 358 g/mol. The van der Waals surface area contributed by atoms with Crippen LogP contribution in [-0.2, 0) is 19.1 Å². The number of carbonyl (C=O) groups excluding carboxylic acids is 1. The fourth-order valence-corrected chi connectivity index (χ4v) is 5.97. The molecule has 2 aromatic rings. The van der Waals surface area contributed by atoms with Gasteiger partial charge in [0.1, 0.15) is 0 Å². The summed E-state index contributed by atoms with van der Waals surface area (Å²) in [6.45, 7) is 3.95. The molecule has 0 saturated carbocycles. The Morgan fingerprint density at radius 2 is 1.46 bits per heavy atom. The van der Waals surface area contributed by atoms with Crippen LogP contribution in [0.15, 0.2) is 59.5 Å². The second kappa shape index (κ2) is 5.72. The van der Waals surface area contributed by atoms with Gasteiger partial charge in [-0.3, -0.25) is 0 Å². The molecule has 4 nitrogen and oxygen atoms in total. The van der Waals surface area contributed by atoms with Crippen LogP contribution in [0.2, 0.25) is 13.1 Å². The molecule has 0 fully saturated rings. The first-order valence-corrected chi connectivity index (χ1v) is 12.3. The van der Waals surface area contributed by atoms with Crippen LogP contribution in [0.5, 0.6) is 0 Å². The third-order valence-electron chi connectivity index (χ3n) is 4.04. The third-order valence-corrected chi connectivity index (χ3v) is 7.60. The van der Waals surface area contributed by atoms with E-state index in [9.17, 15) is 13.2 Å². The van der Waals surface area contributed by atoms with Crippen molar-refractivity contribution in [3.63, 3.8) is 0 Å². The van der Waals surface area contributed by atoms with Crippen molar-refractivity contribution in [3.8, 4) is 0 Å². The van der Waals surface area contributed by atoms with Crippen LogP contribution in [0.1, 0.15) is 11.1 Å². The Bertz CT molecular complexity index is 927. The van der Waals surface area contributed by atoms with Gasteiger partial charge in [-0.1, -0.05) is 42.5 Å². The third kappa shape index (κ3) is 2.94. The first-order valence-electron chi connectivity index (χ1n) is 7.54. The number of benzene rings is 2. The molecule has 6 heteroatoms. The summed E-state index contributed by atoms with van der Waals surface area (Å²) >= 11 is 0. The van der Waals surface area contributed by atoms with E-state index < -0.39 is 18.2 Å². The summed E-state index contributed by atoms with van der Waals surface area (Å²) in [6.07, 6.45) is 1.18. The molecule has 1 aliphatic heterocycles. The van der Waals surface area contributed by atoms with E-state index in [4.69, 9.17) is 4.43 Å². The normalized spacial score (nSPS) is 17.0. The highest BCUT2D eigenvalue weighted by Crippen LogP contribution is 2.41. The molecule has 0 aromatic heterocycles. The Balaban J connectivity index is 2.21. The van der Waals surface area contributed by atoms with Gasteiger partial charge in [0.15, 0.2) is 9.84 Å². The minimum Gasteiger partial charge on any atom is -0.512 e. The second-order valence-corrected chi connectivity index (χ2v) is 12.1. The van der Waals surface area contributed by atoms with Crippen LogP contribution in [0, 0.1) is 0 Å². The molecule has 1 aliphatic rings. The predicted molar refractivity (Wildman–Crippen MR) is 96.4 cm³/mol. The fourth-order valence-electron chi connectivity index (χ4n) is 2.96. The van der Waals surface area contributed by atoms with Gasteiger partial charge < -0.3 is 4.43 Å². The highest BCUT2D eigenvalue weighted by molar-refractivity contribution is 7.90. The van der Waals surface area contributed by atoms with E-state index in [-0.39, 0.29) is 10.9 Å². The molecular formula is C18H18O4SSi. The van der Waals surface area contributed by atoms with E-state index >= 15 is 0 Å². The quantitative estimate of drug-likeness (QED) is 0.790. The molecule has 3 rings (SSSR count). The fraction of sp³-hybridized carbons (Fsp3) is 0.167. The van der Waals surface area contributed by atoms with E-state index in [1.54, 1.807) is 24.3 Å². The highest BCUT2D eigenvalue weighted by atomic mass is 32.2. The van der Waals surface area contributed by atoms with Crippen LogP contribution in [-0.4, -0.2) is 29.0 Å². The van der Waals surface area contributed by atoms with Crippen molar-refractivity contribution in [2.45, 2.75) is 18.0 Å². The van der Waals surface area contributed by atoms with Gasteiger partial charge in [-0.2, -0.15) is 0 Å². The van der Waals surface area contributed by atoms with Crippen LogP contribution in [0.25, 0.3) is 10.8 Å². The van der Waals surface area contributed by atoms with Gasteiger partial charge in [-0.05, 0) is 36.4 Å². The lowest BCUT2D eigenvalue weighted by Gasteiger charge is -2.18. The van der Waals surface area contributed by atoms with E-state index in [0.717, 1.165) is 16.3 Å². The SMILES string of the molecule is C[Si]1(C)OC(=O)C(c2ccccc2)=C1c1ccc(S(C)(=O)=O)cc1. The van der Waals surface area contributed by atoms with Gasteiger partial charge in [-0.15, -0.1) is 0 Å². The summed E-state index contributed by atoms with van der Waals surface area (Å²) in [5.74, 6) is -0.306. The highest BCUT2D eigenvalue weighted by Gasteiger charge is 2.44. The van der Waals surface area contributed by atoms with Gasteiger partial charge >= 0.3 is 5.97 Å². The summed E-state index contributed by atoms with van der Waals surface area (Å²) < 4.78 is 29.0. The zero-order valence-electron chi connectivity index (χ0n) is 13.7. The monoisotopic (exact) mass is 358 g/mol. The molecule has 124 valence electrons. The van der Waals surface area contributed by atoms with Crippen molar-refractivity contribution in [2.24, 2.45) is 0 Å².